The fourth-order valence-electron chi connectivity index (χ4n) is 1.69. The number of amides is 1. The summed E-state index contributed by atoms with van der Waals surface area (Å²) in [4.78, 5) is 11.9. The maximum absolute atomic E-state index is 11.9. The first-order valence-corrected chi connectivity index (χ1v) is 6.46. The van der Waals surface area contributed by atoms with Gasteiger partial charge in [-0.2, -0.15) is 0 Å². The predicted molar refractivity (Wildman–Crippen MR) is 79.0 cm³/mol. The average molecular weight is 321 g/mol. The summed E-state index contributed by atoms with van der Waals surface area (Å²) in [5.74, 6) is -0.0852. The first kappa shape index (κ1) is 13.4. The Kier molecular flexibility index (Phi) is 4.06. The zero-order valence-corrected chi connectivity index (χ0v) is 11.6. The molecule has 0 spiro atoms. The molecule has 1 amide bonds. The molecule has 4 nitrogen and oxygen atoms in total. The number of nitrogens with one attached hydrogen (secondary N) is 1. The van der Waals surface area contributed by atoms with Gasteiger partial charge >= 0.3 is 0 Å². The van der Waals surface area contributed by atoms with Crippen molar-refractivity contribution >= 4 is 33.2 Å². The second-order valence-corrected chi connectivity index (χ2v) is 5.04. The number of aromatic hydroxyl groups is 1. The standard InChI is InChI=1S/C14H13BrN2O2/c15-10-3-1-2-9(6-10)7-14(19)17-13-5-4-11(18)8-12(13)16/h1-6,8,18H,7,16H2,(H,17,19). The van der Waals surface area contributed by atoms with Gasteiger partial charge in [0.1, 0.15) is 5.75 Å². The SMILES string of the molecule is Nc1cc(O)ccc1NC(=O)Cc1cccc(Br)c1. The van der Waals surface area contributed by atoms with Gasteiger partial charge in [0.05, 0.1) is 17.8 Å². The van der Waals surface area contributed by atoms with Crippen LogP contribution < -0.4 is 11.1 Å². The molecule has 0 saturated heterocycles. The van der Waals surface area contributed by atoms with E-state index in [4.69, 9.17) is 5.73 Å². The Morgan fingerprint density at radius 2 is 2.05 bits per heavy atom. The van der Waals surface area contributed by atoms with Gasteiger partial charge in [-0.1, -0.05) is 28.1 Å². The van der Waals surface area contributed by atoms with Crippen LogP contribution in [0, 0.1) is 0 Å². The van der Waals surface area contributed by atoms with Crippen LogP contribution in [-0.4, -0.2) is 11.0 Å². The van der Waals surface area contributed by atoms with Crippen molar-refractivity contribution in [3.05, 3.63) is 52.5 Å². The first-order valence-electron chi connectivity index (χ1n) is 5.67. The van der Waals surface area contributed by atoms with E-state index in [0.717, 1.165) is 10.0 Å². The van der Waals surface area contributed by atoms with Crippen molar-refractivity contribution in [2.75, 3.05) is 11.1 Å². The van der Waals surface area contributed by atoms with E-state index in [-0.39, 0.29) is 18.1 Å². The number of phenolic OH excluding ortho intramolecular Hbond substituents is 1. The van der Waals surface area contributed by atoms with E-state index in [2.05, 4.69) is 21.2 Å². The average Bonchev–Trinajstić information content (AvgIpc) is 2.33. The minimum atomic E-state index is -0.157. The molecule has 2 rings (SSSR count). The molecule has 0 unspecified atom stereocenters. The molecular formula is C14H13BrN2O2. The van der Waals surface area contributed by atoms with E-state index in [1.54, 1.807) is 6.07 Å². The summed E-state index contributed by atoms with van der Waals surface area (Å²) in [5, 5.41) is 12.0. The Morgan fingerprint density at radius 1 is 1.26 bits per heavy atom. The second kappa shape index (κ2) is 5.75. The zero-order valence-electron chi connectivity index (χ0n) is 10.1. The van der Waals surface area contributed by atoms with E-state index < -0.39 is 0 Å². The monoisotopic (exact) mass is 320 g/mol. The number of benzene rings is 2. The summed E-state index contributed by atoms with van der Waals surface area (Å²) in [6, 6.07) is 12.0. The van der Waals surface area contributed by atoms with Gasteiger partial charge in [-0.25, -0.2) is 0 Å². The van der Waals surface area contributed by atoms with Crippen molar-refractivity contribution in [2.45, 2.75) is 6.42 Å². The number of carbonyl (C=O) groups is 1. The van der Waals surface area contributed by atoms with E-state index in [0.29, 0.717) is 11.4 Å². The number of nitrogen functional groups attached to an aromatic ring is 1. The topological polar surface area (TPSA) is 75.3 Å². The molecule has 2 aromatic carbocycles. The van der Waals surface area contributed by atoms with Gasteiger partial charge < -0.3 is 16.2 Å². The highest BCUT2D eigenvalue weighted by atomic mass is 79.9. The molecule has 0 aromatic heterocycles. The molecule has 0 bridgehead atoms. The Balaban J connectivity index is 2.05. The molecule has 5 heteroatoms. The third-order valence-corrected chi connectivity index (χ3v) is 3.06. The Hall–Kier alpha value is -2.01. The number of rotatable bonds is 3. The lowest BCUT2D eigenvalue weighted by atomic mass is 10.1. The highest BCUT2D eigenvalue weighted by Gasteiger charge is 2.07. The zero-order chi connectivity index (χ0) is 13.8. The van der Waals surface area contributed by atoms with E-state index in [1.807, 2.05) is 24.3 Å². The smallest absolute Gasteiger partial charge is 0.228 e. The van der Waals surface area contributed by atoms with Gasteiger partial charge in [0.2, 0.25) is 5.91 Å². The highest BCUT2D eigenvalue weighted by Crippen LogP contribution is 2.23. The maximum Gasteiger partial charge on any atom is 0.228 e. The molecule has 0 radical (unpaired) electrons. The van der Waals surface area contributed by atoms with Crippen molar-refractivity contribution < 1.29 is 9.90 Å². The normalized spacial score (nSPS) is 10.2. The Bertz CT molecular complexity index is 614. The lowest BCUT2D eigenvalue weighted by Crippen LogP contribution is -2.15. The summed E-state index contributed by atoms with van der Waals surface area (Å²) in [7, 11) is 0. The van der Waals surface area contributed by atoms with Gasteiger partial charge in [-0.05, 0) is 29.8 Å². The van der Waals surface area contributed by atoms with Crippen LogP contribution in [0.15, 0.2) is 46.9 Å². The van der Waals surface area contributed by atoms with Crippen molar-refractivity contribution in [3.63, 3.8) is 0 Å². The van der Waals surface area contributed by atoms with Crippen LogP contribution in [0.2, 0.25) is 0 Å². The van der Waals surface area contributed by atoms with Crippen molar-refractivity contribution in [3.8, 4) is 5.75 Å². The number of carbonyl (C=O) groups excluding carboxylic acids is 1. The number of hydrogen-bond donors (Lipinski definition) is 3. The molecule has 0 heterocycles. The summed E-state index contributed by atoms with van der Waals surface area (Å²) in [6.07, 6.45) is 0.264. The van der Waals surface area contributed by atoms with Crippen LogP contribution >= 0.6 is 15.9 Å². The lowest BCUT2D eigenvalue weighted by Gasteiger charge is -2.08. The van der Waals surface area contributed by atoms with Crippen molar-refractivity contribution in [2.24, 2.45) is 0 Å². The molecule has 4 N–H and O–H groups in total. The van der Waals surface area contributed by atoms with Crippen LogP contribution in [0.4, 0.5) is 11.4 Å². The third kappa shape index (κ3) is 3.72. The highest BCUT2D eigenvalue weighted by molar-refractivity contribution is 9.10. The number of phenols is 1. The van der Waals surface area contributed by atoms with Gasteiger partial charge in [0.15, 0.2) is 0 Å². The Morgan fingerprint density at radius 3 is 2.74 bits per heavy atom. The maximum atomic E-state index is 11.9. The van der Waals surface area contributed by atoms with Crippen molar-refractivity contribution in [1.82, 2.24) is 0 Å². The lowest BCUT2D eigenvalue weighted by molar-refractivity contribution is -0.115. The fourth-order valence-corrected chi connectivity index (χ4v) is 2.14. The minimum Gasteiger partial charge on any atom is -0.508 e. The van der Waals surface area contributed by atoms with Gasteiger partial charge in [-0.3, -0.25) is 4.79 Å². The quantitative estimate of drug-likeness (QED) is 0.601. The summed E-state index contributed by atoms with van der Waals surface area (Å²) >= 11 is 3.36. The summed E-state index contributed by atoms with van der Waals surface area (Å²) in [6.45, 7) is 0. The fraction of sp³-hybridized carbons (Fsp3) is 0.0714. The van der Waals surface area contributed by atoms with E-state index in [9.17, 15) is 9.90 Å². The van der Waals surface area contributed by atoms with Crippen LogP contribution in [0.5, 0.6) is 5.75 Å². The largest absolute Gasteiger partial charge is 0.508 e. The number of halogens is 1. The molecule has 0 aliphatic heterocycles. The second-order valence-electron chi connectivity index (χ2n) is 4.13. The van der Waals surface area contributed by atoms with Gasteiger partial charge in [0.25, 0.3) is 0 Å². The van der Waals surface area contributed by atoms with Crippen LogP contribution in [0.3, 0.4) is 0 Å². The molecule has 98 valence electrons. The van der Waals surface area contributed by atoms with Crippen LogP contribution in [-0.2, 0) is 11.2 Å². The molecule has 0 aliphatic rings. The molecule has 0 fully saturated rings. The number of anilines is 2. The molecule has 0 atom stereocenters. The first-order chi connectivity index (χ1) is 9.04. The van der Waals surface area contributed by atoms with Gasteiger partial charge in [-0.15, -0.1) is 0 Å². The molecule has 19 heavy (non-hydrogen) atoms. The van der Waals surface area contributed by atoms with Crippen LogP contribution in [0.1, 0.15) is 5.56 Å². The van der Waals surface area contributed by atoms with Gasteiger partial charge in [0, 0.05) is 10.5 Å². The number of hydrogen-bond acceptors (Lipinski definition) is 3. The van der Waals surface area contributed by atoms with E-state index >= 15 is 0 Å². The molecule has 2 aromatic rings. The molecule has 0 aliphatic carbocycles. The Labute approximate surface area is 119 Å². The molecule has 0 saturated carbocycles. The molecular weight excluding hydrogens is 308 g/mol. The number of nitrogens with two attached hydrogens (primary N) is 1. The summed E-state index contributed by atoms with van der Waals surface area (Å²) < 4.78 is 0.932. The van der Waals surface area contributed by atoms with Crippen molar-refractivity contribution in [1.29, 1.82) is 0 Å². The van der Waals surface area contributed by atoms with Crippen LogP contribution in [0.25, 0.3) is 0 Å². The van der Waals surface area contributed by atoms with E-state index in [1.165, 1.54) is 12.1 Å². The predicted octanol–water partition coefficient (Wildman–Crippen LogP) is 2.92. The summed E-state index contributed by atoms with van der Waals surface area (Å²) in [5.41, 5.74) is 7.45. The third-order valence-electron chi connectivity index (χ3n) is 2.56. The minimum absolute atomic E-state index is 0.0717.